The maximum absolute atomic E-state index is 13.2. The first-order valence-electron chi connectivity index (χ1n) is 18.2. The van der Waals surface area contributed by atoms with E-state index in [0.29, 0.717) is 0 Å². The summed E-state index contributed by atoms with van der Waals surface area (Å²) in [6, 6.07) is 0. The van der Waals surface area contributed by atoms with Gasteiger partial charge in [-0.3, -0.25) is 38.4 Å². The first-order valence-corrected chi connectivity index (χ1v) is 18.2. The van der Waals surface area contributed by atoms with Crippen LogP contribution in [-0.2, 0) is 43.1 Å². The summed E-state index contributed by atoms with van der Waals surface area (Å²) in [4.78, 5) is 101. The molecule has 16 nitrogen and oxygen atoms in total. The van der Waals surface area contributed by atoms with Crippen molar-refractivity contribution in [3.8, 4) is 0 Å². The highest BCUT2D eigenvalue weighted by Crippen LogP contribution is 2.23. The zero-order valence-corrected chi connectivity index (χ0v) is 35.6. The number of carbonyl (C=O) groups is 8. The van der Waals surface area contributed by atoms with Gasteiger partial charge in [0.1, 0.15) is 0 Å². The number of amides is 7. The quantitative estimate of drug-likeness (QED) is 0.0831. The van der Waals surface area contributed by atoms with Crippen LogP contribution in [0.1, 0.15) is 104 Å². The molecule has 0 aliphatic rings. The molecular weight excluding hydrogens is 698 g/mol. The minimum absolute atomic E-state index is 0.00889. The van der Waals surface area contributed by atoms with E-state index in [-0.39, 0.29) is 75.3 Å². The maximum atomic E-state index is 13.2. The third kappa shape index (κ3) is 15.6. The van der Waals surface area contributed by atoms with E-state index in [9.17, 15) is 38.4 Å². The normalized spacial score (nSPS) is 12.8. The van der Waals surface area contributed by atoms with E-state index in [1.165, 1.54) is 14.0 Å². The Kier molecular flexibility index (Phi) is 17.4. The topological polar surface area (TPSA) is 230 Å². The molecule has 0 aliphatic heterocycles. The number of methoxy groups -OCH3 is 1. The van der Waals surface area contributed by atoms with Crippen LogP contribution in [-0.4, -0.2) is 100 Å². The fourth-order valence-corrected chi connectivity index (χ4v) is 4.42. The number of esters is 1. The number of nitrogens with one attached hydrogen (secondary N) is 7. The second-order valence-corrected chi connectivity index (χ2v) is 18.7. The highest BCUT2D eigenvalue weighted by Gasteiger charge is 2.38. The van der Waals surface area contributed by atoms with Crippen molar-refractivity contribution in [2.24, 2.45) is 37.9 Å². The zero-order chi connectivity index (χ0) is 42.7. The van der Waals surface area contributed by atoms with Crippen molar-refractivity contribution in [1.82, 2.24) is 37.2 Å². The van der Waals surface area contributed by atoms with Crippen LogP contribution in [0.3, 0.4) is 0 Å². The fraction of sp³-hybridized carbons (Fsp3) is 0.789. The molecule has 0 aliphatic carbocycles. The molecule has 0 aromatic rings. The van der Waals surface area contributed by atoms with Gasteiger partial charge in [0.15, 0.2) is 0 Å². The molecule has 0 saturated carbocycles. The smallest absolute Gasteiger partial charge is 0.313 e. The molecule has 54 heavy (non-hydrogen) atoms. The van der Waals surface area contributed by atoms with Gasteiger partial charge in [-0.15, -0.1) is 0 Å². The lowest BCUT2D eigenvalue weighted by Gasteiger charge is -2.32. The Labute approximate surface area is 321 Å². The number of ether oxygens (including phenoxy) is 1. The van der Waals surface area contributed by atoms with Crippen LogP contribution in [0, 0.1) is 37.9 Å². The summed E-state index contributed by atoms with van der Waals surface area (Å²) in [5, 5.41) is 19.3. The molecule has 0 spiro atoms. The van der Waals surface area contributed by atoms with Gasteiger partial charge in [0.2, 0.25) is 41.4 Å². The summed E-state index contributed by atoms with van der Waals surface area (Å²) in [5.41, 5.74) is -6.98. The highest BCUT2D eigenvalue weighted by atomic mass is 16.5. The average Bonchev–Trinajstić information content (AvgIpc) is 3.07. The largest absolute Gasteiger partial charge is 0.469 e. The van der Waals surface area contributed by atoms with E-state index < -0.39 is 55.7 Å². The lowest BCUT2D eigenvalue weighted by atomic mass is 9.86. The first-order chi connectivity index (χ1) is 24.2. The number of hydrogen-bond donors (Lipinski definition) is 7. The lowest BCUT2D eigenvalue weighted by Crippen LogP contribution is -2.54. The molecule has 0 unspecified atom stereocenters. The summed E-state index contributed by atoms with van der Waals surface area (Å²) in [7, 11) is 1.28. The van der Waals surface area contributed by atoms with Crippen LogP contribution in [0.4, 0.5) is 0 Å². The highest BCUT2D eigenvalue weighted by molar-refractivity contribution is 5.89. The predicted molar refractivity (Wildman–Crippen MR) is 205 cm³/mol. The van der Waals surface area contributed by atoms with Crippen LogP contribution in [0.5, 0.6) is 0 Å². The van der Waals surface area contributed by atoms with Crippen molar-refractivity contribution < 1.29 is 43.1 Å². The van der Waals surface area contributed by atoms with Gasteiger partial charge < -0.3 is 42.0 Å². The first kappa shape index (κ1) is 49.8. The van der Waals surface area contributed by atoms with Crippen LogP contribution < -0.4 is 37.2 Å². The van der Waals surface area contributed by atoms with E-state index in [1.807, 2.05) is 0 Å². The van der Waals surface area contributed by atoms with Gasteiger partial charge in [-0.05, 0) is 96.9 Å². The molecule has 16 heteroatoms. The minimum Gasteiger partial charge on any atom is -0.469 e. The van der Waals surface area contributed by atoms with E-state index in [0.717, 1.165) is 0 Å². The van der Waals surface area contributed by atoms with Crippen molar-refractivity contribution in [3.05, 3.63) is 0 Å². The van der Waals surface area contributed by atoms with Gasteiger partial charge in [0.25, 0.3) is 0 Å². The van der Waals surface area contributed by atoms with Gasteiger partial charge in [-0.25, -0.2) is 0 Å². The molecule has 0 saturated heterocycles. The Hall–Kier alpha value is -4.24. The number of rotatable bonds is 21. The van der Waals surface area contributed by atoms with E-state index >= 15 is 0 Å². The molecule has 0 radical (unpaired) electrons. The Morgan fingerprint density at radius 1 is 0.333 bits per heavy atom. The summed E-state index contributed by atoms with van der Waals surface area (Å²) < 4.78 is 4.78. The maximum Gasteiger partial charge on any atom is 0.313 e. The third-order valence-electron chi connectivity index (χ3n) is 9.35. The molecule has 0 fully saturated rings. The van der Waals surface area contributed by atoms with E-state index in [4.69, 9.17) is 4.74 Å². The average molecular weight is 768 g/mol. The summed E-state index contributed by atoms with van der Waals surface area (Å²) in [6.07, 6.45) is 0. The molecule has 7 amide bonds. The molecule has 0 heterocycles. The van der Waals surface area contributed by atoms with Gasteiger partial charge in [0, 0.05) is 52.7 Å². The fourth-order valence-electron chi connectivity index (χ4n) is 4.42. The van der Waals surface area contributed by atoms with Crippen LogP contribution in [0.25, 0.3) is 0 Å². The van der Waals surface area contributed by atoms with Crippen molar-refractivity contribution >= 4 is 47.3 Å². The van der Waals surface area contributed by atoms with Crippen LogP contribution in [0.15, 0.2) is 0 Å². The SMILES string of the molecule is COC(=O)C(C)(C)CNC(=O)C(C)(C)CNC(=O)C(C)(C)CNC(=O)C(C)(C)CNC(=O)C(C)(C)CNC(=O)C(C)(C)CNC(=O)C(C)(C)CNC(C)=O. The molecule has 0 aromatic carbocycles. The Bertz CT molecular complexity index is 1410. The van der Waals surface area contributed by atoms with E-state index in [2.05, 4.69) is 37.2 Å². The molecule has 0 atom stereocenters. The van der Waals surface area contributed by atoms with Gasteiger partial charge in [-0.2, -0.15) is 0 Å². The van der Waals surface area contributed by atoms with Crippen molar-refractivity contribution in [2.45, 2.75) is 104 Å². The zero-order valence-electron chi connectivity index (χ0n) is 35.6. The number of hydrogen-bond acceptors (Lipinski definition) is 9. The van der Waals surface area contributed by atoms with E-state index in [1.54, 1.807) is 96.9 Å². The lowest BCUT2D eigenvalue weighted by molar-refractivity contribution is -0.151. The summed E-state index contributed by atoms with van der Waals surface area (Å²) in [5.74, 6) is -2.94. The molecule has 310 valence electrons. The van der Waals surface area contributed by atoms with Gasteiger partial charge >= 0.3 is 5.97 Å². The Balaban J connectivity index is 5.06. The molecular formula is C38H69N7O9. The van der Waals surface area contributed by atoms with Crippen molar-refractivity contribution in [3.63, 3.8) is 0 Å². The molecule has 0 rings (SSSR count). The van der Waals surface area contributed by atoms with Crippen molar-refractivity contribution in [2.75, 3.05) is 52.9 Å². The minimum atomic E-state index is -1.06. The predicted octanol–water partition coefficient (Wildman–Crippen LogP) is 1.18. The summed E-state index contributed by atoms with van der Waals surface area (Å²) >= 11 is 0. The van der Waals surface area contributed by atoms with Gasteiger partial charge in [-0.1, -0.05) is 0 Å². The standard InChI is InChI=1S/C38H69N7O9/c1-24(46)39-17-32(2,3)25(47)40-18-33(4,5)26(48)41-19-34(6,7)27(49)42-20-35(8,9)28(50)43-21-36(10,11)29(51)44-22-37(12,13)30(52)45-23-38(14,15)31(53)54-16/h17-23H2,1-16H3,(H,39,46)(H,40,47)(H,41,48)(H,42,49)(H,43,50)(H,44,51)(H,45,52). The molecule has 0 bridgehead atoms. The second kappa shape index (κ2) is 18.9. The summed E-state index contributed by atoms with van der Waals surface area (Å²) in [6.45, 7) is 24.8. The molecule has 0 aromatic heterocycles. The van der Waals surface area contributed by atoms with Crippen molar-refractivity contribution in [1.29, 1.82) is 0 Å². The molecule has 7 N–H and O–H groups in total. The van der Waals surface area contributed by atoms with Crippen LogP contribution in [0.2, 0.25) is 0 Å². The third-order valence-corrected chi connectivity index (χ3v) is 9.35. The van der Waals surface area contributed by atoms with Crippen LogP contribution >= 0.6 is 0 Å². The monoisotopic (exact) mass is 768 g/mol. The Morgan fingerprint density at radius 2 is 0.500 bits per heavy atom. The second-order valence-electron chi connectivity index (χ2n) is 18.7. The Morgan fingerprint density at radius 3 is 0.667 bits per heavy atom. The van der Waals surface area contributed by atoms with Gasteiger partial charge in [0.05, 0.1) is 45.0 Å². The number of carbonyl (C=O) groups excluding carboxylic acids is 8.